The summed E-state index contributed by atoms with van der Waals surface area (Å²) in [6.45, 7) is 1.14. The number of piperidine rings is 1. The Bertz CT molecular complexity index is 1250. The van der Waals surface area contributed by atoms with Crippen LogP contribution in [0.3, 0.4) is 0 Å². The van der Waals surface area contributed by atoms with Crippen LogP contribution in [0.15, 0.2) is 36.4 Å². The molecule has 1 unspecified atom stereocenters. The van der Waals surface area contributed by atoms with Crippen molar-refractivity contribution in [2.45, 2.75) is 49.8 Å². The second-order valence-corrected chi connectivity index (χ2v) is 9.66. The van der Waals surface area contributed by atoms with Gasteiger partial charge in [-0.25, -0.2) is 9.18 Å². The molecule has 7 nitrogen and oxygen atoms in total. The molecule has 3 atom stereocenters. The predicted molar refractivity (Wildman–Crippen MR) is 126 cm³/mol. The molecule has 2 heterocycles. The number of aliphatic hydroxyl groups excluding tert-OH is 1. The predicted octanol–water partition coefficient (Wildman–Crippen LogP) is 3.90. The summed E-state index contributed by atoms with van der Waals surface area (Å²) in [6.07, 6.45) is -11.9. The van der Waals surface area contributed by atoms with Crippen LogP contribution in [0.4, 0.5) is 35.5 Å². The van der Waals surface area contributed by atoms with E-state index < -0.39 is 53.1 Å². The number of carbonyl (C=O) groups excluding carboxylic acids is 2. The van der Waals surface area contributed by atoms with Crippen LogP contribution >= 0.6 is 0 Å². The van der Waals surface area contributed by atoms with E-state index in [1.165, 1.54) is 17.0 Å². The minimum absolute atomic E-state index is 0.0416. The third-order valence-corrected chi connectivity index (χ3v) is 7.07. The first-order valence-corrected chi connectivity index (χ1v) is 12.4. The van der Waals surface area contributed by atoms with Gasteiger partial charge in [0.2, 0.25) is 0 Å². The average molecular weight is 577 g/mol. The highest BCUT2D eigenvalue weighted by Gasteiger charge is 2.72. The minimum Gasteiger partial charge on any atom is -0.444 e. The Morgan fingerprint density at radius 3 is 2.30 bits per heavy atom. The van der Waals surface area contributed by atoms with Crippen LogP contribution in [-0.2, 0) is 33.8 Å². The number of alkyl carbamates (subject to hydrolysis) is 1. The second kappa shape index (κ2) is 10.9. The lowest BCUT2D eigenvalue weighted by molar-refractivity contribution is -0.143. The topological polar surface area (TPSA) is 90.7 Å². The number of rotatable bonds is 8. The van der Waals surface area contributed by atoms with Crippen molar-refractivity contribution in [3.63, 3.8) is 0 Å². The normalized spacial score (nSPS) is 22.6. The number of alkyl halides is 6. The summed E-state index contributed by atoms with van der Waals surface area (Å²) in [6, 6.07) is 4.15. The van der Waals surface area contributed by atoms with Gasteiger partial charge in [-0.1, -0.05) is 6.07 Å². The molecule has 2 amide bonds. The lowest BCUT2D eigenvalue weighted by Crippen LogP contribution is -2.57. The van der Waals surface area contributed by atoms with Crippen molar-refractivity contribution >= 4 is 12.0 Å². The Morgan fingerprint density at radius 2 is 1.73 bits per heavy atom. The molecule has 0 bridgehead atoms. The number of nitrogens with one attached hydrogen (secondary N) is 2. The first-order chi connectivity index (χ1) is 18.7. The maximum atomic E-state index is 13.9. The fraction of sp³-hybridized carbons (Fsp3) is 0.462. The number of nitrogens with zero attached hydrogens (tertiary/aromatic N) is 1. The van der Waals surface area contributed by atoms with Crippen molar-refractivity contribution in [2.75, 3.05) is 26.2 Å². The molecule has 0 aliphatic carbocycles. The molecule has 3 N–H and O–H groups in total. The first kappa shape index (κ1) is 29.6. The number of halogens is 7. The van der Waals surface area contributed by atoms with Crippen molar-refractivity contribution in [1.82, 2.24) is 15.5 Å². The molecule has 0 aromatic heterocycles. The lowest BCUT2D eigenvalue weighted by atomic mass is 9.81. The molecule has 2 aliphatic heterocycles. The third kappa shape index (κ3) is 5.73. The van der Waals surface area contributed by atoms with Gasteiger partial charge in [-0.15, -0.1) is 0 Å². The van der Waals surface area contributed by atoms with Crippen LogP contribution in [0, 0.1) is 12.7 Å². The number of aryl methyl sites for hydroxylation is 1. The van der Waals surface area contributed by atoms with Crippen LogP contribution < -0.4 is 10.6 Å². The highest BCUT2D eigenvalue weighted by atomic mass is 19.4. The molecule has 40 heavy (non-hydrogen) atoms. The zero-order valence-corrected chi connectivity index (χ0v) is 21.1. The first-order valence-electron chi connectivity index (χ1n) is 12.4. The minimum atomic E-state index is -5.00. The summed E-state index contributed by atoms with van der Waals surface area (Å²) in [5, 5.41) is 14.3. The summed E-state index contributed by atoms with van der Waals surface area (Å²) in [5.41, 5.74) is -3.66. The Kier molecular flexibility index (Phi) is 8.05. The molecule has 218 valence electrons. The van der Waals surface area contributed by atoms with Crippen LogP contribution in [0.25, 0.3) is 0 Å². The van der Waals surface area contributed by atoms with E-state index in [4.69, 9.17) is 9.84 Å². The molecule has 2 fully saturated rings. The van der Waals surface area contributed by atoms with E-state index >= 15 is 0 Å². The zero-order valence-electron chi connectivity index (χ0n) is 21.1. The van der Waals surface area contributed by atoms with E-state index in [2.05, 4.69) is 10.6 Å². The number of hydrogen-bond donors (Lipinski definition) is 3. The third-order valence-electron chi connectivity index (χ3n) is 7.07. The van der Waals surface area contributed by atoms with Crippen molar-refractivity contribution < 1.29 is 50.2 Å². The Balaban J connectivity index is 1.64. The van der Waals surface area contributed by atoms with E-state index in [-0.39, 0.29) is 56.6 Å². The summed E-state index contributed by atoms with van der Waals surface area (Å²) in [7, 11) is 0. The van der Waals surface area contributed by atoms with Gasteiger partial charge in [0.05, 0.1) is 23.8 Å². The molecule has 2 aromatic rings. The van der Waals surface area contributed by atoms with E-state index in [0.29, 0.717) is 23.3 Å². The average Bonchev–Trinajstić information content (AvgIpc) is 3.47. The standard InChI is InChI=1S/C26H26F7N3O4/c1-14-10-18(27)2-3-19(14)24-21(20(5-8-36(24)22(24)38)40-23(39)35-7-9-37)34-6-4-15-11-16(25(28,29)30)13-17(12-15)26(31,32)33/h2-3,10-13,20-21,34,37H,4-9H2,1H3,(H,35,39)/t20-,21?,24+,36?/m0/s1. The van der Waals surface area contributed by atoms with Gasteiger partial charge in [0.25, 0.3) is 5.91 Å². The highest BCUT2D eigenvalue weighted by molar-refractivity contribution is 6.05. The van der Waals surface area contributed by atoms with Gasteiger partial charge in [0.15, 0.2) is 5.54 Å². The Morgan fingerprint density at radius 1 is 1.07 bits per heavy atom. The van der Waals surface area contributed by atoms with Gasteiger partial charge in [-0.3, -0.25) is 4.79 Å². The van der Waals surface area contributed by atoms with Crippen LogP contribution in [0.1, 0.15) is 34.2 Å². The van der Waals surface area contributed by atoms with Crippen LogP contribution in [0.5, 0.6) is 0 Å². The van der Waals surface area contributed by atoms with E-state index in [1.54, 1.807) is 6.92 Å². The fourth-order valence-electron chi connectivity index (χ4n) is 5.32. The second-order valence-electron chi connectivity index (χ2n) is 9.66. The Labute approximate surface area is 224 Å². The summed E-state index contributed by atoms with van der Waals surface area (Å²) >= 11 is 0. The van der Waals surface area contributed by atoms with Gasteiger partial charge < -0.3 is 25.4 Å². The number of hydrogen-bond acceptors (Lipinski definition) is 5. The number of benzene rings is 2. The molecule has 0 radical (unpaired) electrons. The largest absolute Gasteiger partial charge is 0.444 e. The van der Waals surface area contributed by atoms with E-state index in [0.717, 1.165) is 6.07 Å². The number of ether oxygens (including phenoxy) is 1. The zero-order chi connectivity index (χ0) is 29.5. The number of carbonyl (C=O) groups is 2. The molecule has 14 heteroatoms. The quantitative estimate of drug-likeness (QED) is 0.327. The summed E-state index contributed by atoms with van der Waals surface area (Å²) in [5.74, 6) is -0.890. The number of aliphatic hydroxyl groups is 1. The Hall–Kier alpha value is -3.39. The maximum absolute atomic E-state index is 13.9. The summed E-state index contributed by atoms with van der Waals surface area (Å²) < 4.78 is 99.1. The molecular weight excluding hydrogens is 551 g/mol. The van der Waals surface area contributed by atoms with Crippen molar-refractivity contribution in [1.29, 1.82) is 0 Å². The van der Waals surface area contributed by atoms with E-state index in [9.17, 15) is 40.3 Å². The molecule has 0 spiro atoms. The van der Waals surface area contributed by atoms with Crippen LogP contribution in [0.2, 0.25) is 0 Å². The summed E-state index contributed by atoms with van der Waals surface area (Å²) in [4.78, 5) is 27.0. The smallest absolute Gasteiger partial charge is 0.416 e. The molecule has 2 aromatic carbocycles. The van der Waals surface area contributed by atoms with Gasteiger partial charge in [0, 0.05) is 19.5 Å². The van der Waals surface area contributed by atoms with Gasteiger partial charge >= 0.3 is 18.4 Å². The van der Waals surface area contributed by atoms with Crippen LogP contribution in [-0.4, -0.2) is 60.4 Å². The van der Waals surface area contributed by atoms with Gasteiger partial charge in [-0.2, -0.15) is 26.3 Å². The number of fused-ring (bicyclic) bond motifs is 1. The molecule has 0 saturated carbocycles. The fourth-order valence-corrected chi connectivity index (χ4v) is 5.32. The molecular formula is C26H26F7N3O4. The SMILES string of the molecule is Cc1cc(F)ccc1[C@@]12C(=O)N1CC[C@H](OC(=O)NCCO)C2NCCc1cc(C(F)(F)F)cc(C(F)(F)F)c1. The van der Waals surface area contributed by atoms with Crippen molar-refractivity contribution in [3.8, 4) is 0 Å². The molecule has 4 rings (SSSR count). The highest BCUT2D eigenvalue weighted by Crippen LogP contribution is 2.53. The van der Waals surface area contributed by atoms with Crippen molar-refractivity contribution in [2.24, 2.45) is 0 Å². The van der Waals surface area contributed by atoms with Gasteiger partial charge in [-0.05, 0) is 66.9 Å². The number of amides is 2. The van der Waals surface area contributed by atoms with Crippen molar-refractivity contribution in [3.05, 3.63) is 70.0 Å². The lowest BCUT2D eigenvalue weighted by Gasteiger charge is -2.38. The molecule has 2 saturated heterocycles. The maximum Gasteiger partial charge on any atom is 0.416 e. The van der Waals surface area contributed by atoms with E-state index in [1.807, 2.05) is 0 Å². The monoisotopic (exact) mass is 577 g/mol. The molecule has 2 aliphatic rings. The van der Waals surface area contributed by atoms with Gasteiger partial charge in [0.1, 0.15) is 11.9 Å².